The van der Waals surface area contributed by atoms with Crippen molar-refractivity contribution in [2.75, 3.05) is 26.2 Å². The Hall–Kier alpha value is -3.13. The highest BCUT2D eigenvalue weighted by Crippen LogP contribution is 2.16. The predicted octanol–water partition coefficient (Wildman–Crippen LogP) is 2.07. The van der Waals surface area contributed by atoms with Crippen LogP contribution in [0.1, 0.15) is 21.6 Å². The van der Waals surface area contributed by atoms with Crippen molar-refractivity contribution in [2.45, 2.75) is 13.5 Å². The van der Waals surface area contributed by atoms with Crippen LogP contribution in [0.15, 0.2) is 48.9 Å². The lowest BCUT2D eigenvalue weighted by molar-refractivity contribution is 0.0622. The molecule has 28 heavy (non-hydrogen) atoms. The fourth-order valence-electron chi connectivity index (χ4n) is 3.38. The number of hydrogen-bond acceptors (Lipinski definition) is 5. The maximum absolute atomic E-state index is 13.3. The van der Waals surface area contributed by atoms with Gasteiger partial charge in [0.25, 0.3) is 5.91 Å². The van der Waals surface area contributed by atoms with E-state index >= 15 is 0 Å². The maximum Gasteiger partial charge on any atom is 0.276 e. The molecule has 2 aromatic heterocycles. The zero-order chi connectivity index (χ0) is 19.5. The van der Waals surface area contributed by atoms with E-state index in [9.17, 15) is 9.18 Å². The quantitative estimate of drug-likeness (QED) is 0.693. The molecular formula is C20H21FN6O. The molecule has 0 spiro atoms. The molecule has 4 rings (SSSR count). The van der Waals surface area contributed by atoms with E-state index in [4.69, 9.17) is 0 Å². The third kappa shape index (κ3) is 3.91. The summed E-state index contributed by atoms with van der Waals surface area (Å²) in [5, 5.41) is 8.07. The van der Waals surface area contributed by atoms with E-state index in [1.165, 1.54) is 22.4 Å². The van der Waals surface area contributed by atoms with Crippen LogP contribution in [0.5, 0.6) is 0 Å². The average molecular weight is 380 g/mol. The Bertz CT molecular complexity index is 966. The number of pyridine rings is 1. The summed E-state index contributed by atoms with van der Waals surface area (Å²) in [6.07, 6.45) is 5.23. The number of nitrogens with zero attached hydrogens (tertiary/aromatic N) is 6. The molecule has 0 N–H and O–H groups in total. The largest absolute Gasteiger partial charge is 0.335 e. The lowest BCUT2D eigenvalue weighted by atomic mass is 10.2. The van der Waals surface area contributed by atoms with E-state index in [1.54, 1.807) is 30.3 Å². The molecule has 8 heteroatoms. The molecule has 144 valence electrons. The molecule has 1 fully saturated rings. The van der Waals surface area contributed by atoms with E-state index in [-0.39, 0.29) is 11.7 Å². The number of hydrogen-bond donors (Lipinski definition) is 0. The minimum absolute atomic E-state index is 0.132. The summed E-state index contributed by atoms with van der Waals surface area (Å²) in [4.78, 5) is 21.0. The molecule has 0 unspecified atom stereocenters. The van der Waals surface area contributed by atoms with Gasteiger partial charge >= 0.3 is 0 Å². The van der Waals surface area contributed by atoms with Gasteiger partial charge < -0.3 is 4.90 Å². The summed E-state index contributed by atoms with van der Waals surface area (Å²) in [5.41, 5.74) is 2.89. The third-order valence-corrected chi connectivity index (χ3v) is 4.91. The first kappa shape index (κ1) is 18.2. The zero-order valence-electron chi connectivity index (χ0n) is 15.6. The van der Waals surface area contributed by atoms with Gasteiger partial charge in [-0.2, -0.15) is 0 Å². The van der Waals surface area contributed by atoms with Crippen molar-refractivity contribution < 1.29 is 9.18 Å². The van der Waals surface area contributed by atoms with Crippen LogP contribution in [0.2, 0.25) is 0 Å². The van der Waals surface area contributed by atoms with Crippen molar-refractivity contribution in [3.8, 4) is 5.69 Å². The van der Waals surface area contributed by atoms with Crippen molar-refractivity contribution in [2.24, 2.45) is 0 Å². The van der Waals surface area contributed by atoms with Gasteiger partial charge in [-0.05, 0) is 42.3 Å². The normalized spacial score (nSPS) is 15.0. The maximum atomic E-state index is 13.3. The number of rotatable bonds is 4. The van der Waals surface area contributed by atoms with Crippen LogP contribution in [0.4, 0.5) is 4.39 Å². The summed E-state index contributed by atoms with van der Waals surface area (Å²) >= 11 is 0. The average Bonchev–Trinajstić information content (AvgIpc) is 3.19. The number of carbonyl (C=O) groups is 1. The standard InChI is InChI=1S/C20H21FN6O/c1-15-11-17(21)4-5-19(15)27-14-18(23-24-27)20(28)26-9-7-25(8-10-26)13-16-3-2-6-22-12-16/h2-6,11-12,14H,7-10,13H2,1H3. The molecule has 0 saturated carbocycles. The smallest absolute Gasteiger partial charge is 0.276 e. The van der Waals surface area contributed by atoms with Gasteiger partial charge in [0.2, 0.25) is 0 Å². The Morgan fingerprint density at radius 2 is 2.00 bits per heavy atom. The minimum Gasteiger partial charge on any atom is -0.335 e. The number of halogens is 1. The molecule has 0 bridgehead atoms. The third-order valence-electron chi connectivity index (χ3n) is 4.91. The Morgan fingerprint density at radius 3 is 2.71 bits per heavy atom. The first-order valence-corrected chi connectivity index (χ1v) is 9.19. The SMILES string of the molecule is Cc1cc(F)ccc1-n1cc(C(=O)N2CCN(Cc3cccnc3)CC2)nn1. The van der Waals surface area contributed by atoms with Gasteiger partial charge in [0.1, 0.15) is 5.82 Å². The molecule has 0 radical (unpaired) electrons. The van der Waals surface area contributed by atoms with E-state index in [1.807, 2.05) is 12.3 Å². The minimum atomic E-state index is -0.304. The summed E-state index contributed by atoms with van der Waals surface area (Å²) in [6, 6.07) is 8.42. The number of carbonyl (C=O) groups excluding carboxylic acids is 1. The molecule has 1 saturated heterocycles. The van der Waals surface area contributed by atoms with Crippen LogP contribution in [-0.2, 0) is 6.54 Å². The number of amides is 1. The summed E-state index contributed by atoms with van der Waals surface area (Å²) < 4.78 is 14.8. The number of benzene rings is 1. The molecule has 0 aliphatic carbocycles. The van der Waals surface area contributed by atoms with Crippen LogP contribution in [0.25, 0.3) is 5.69 Å². The second-order valence-corrected chi connectivity index (χ2v) is 6.91. The van der Waals surface area contributed by atoms with E-state index in [0.29, 0.717) is 24.5 Å². The highest BCUT2D eigenvalue weighted by Gasteiger charge is 2.24. The molecule has 1 aromatic carbocycles. The number of aromatic nitrogens is 4. The van der Waals surface area contributed by atoms with E-state index < -0.39 is 0 Å². The van der Waals surface area contributed by atoms with Crippen molar-refractivity contribution in [1.29, 1.82) is 0 Å². The molecule has 3 heterocycles. The molecule has 1 aliphatic rings. The first-order chi connectivity index (χ1) is 13.6. The Kier molecular flexibility index (Phi) is 5.12. The van der Waals surface area contributed by atoms with Gasteiger partial charge in [0.05, 0.1) is 11.9 Å². The Balaban J connectivity index is 1.39. The van der Waals surface area contributed by atoms with Crippen molar-refractivity contribution >= 4 is 5.91 Å². The summed E-state index contributed by atoms with van der Waals surface area (Å²) in [7, 11) is 0. The molecular weight excluding hydrogens is 359 g/mol. The monoisotopic (exact) mass is 380 g/mol. The summed E-state index contributed by atoms with van der Waals surface area (Å²) in [5.74, 6) is -0.436. The van der Waals surface area contributed by atoms with Crippen LogP contribution >= 0.6 is 0 Å². The summed E-state index contributed by atoms with van der Waals surface area (Å²) in [6.45, 7) is 5.50. The van der Waals surface area contributed by atoms with Crippen LogP contribution < -0.4 is 0 Å². The highest BCUT2D eigenvalue weighted by molar-refractivity contribution is 5.92. The molecule has 1 amide bonds. The molecule has 0 atom stereocenters. The van der Waals surface area contributed by atoms with Crippen LogP contribution in [0, 0.1) is 12.7 Å². The van der Waals surface area contributed by atoms with Crippen molar-refractivity contribution in [3.05, 3.63) is 71.6 Å². The Morgan fingerprint density at radius 1 is 1.18 bits per heavy atom. The highest BCUT2D eigenvalue weighted by atomic mass is 19.1. The van der Waals surface area contributed by atoms with Crippen LogP contribution in [-0.4, -0.2) is 61.9 Å². The number of aryl methyl sites for hydroxylation is 1. The fraction of sp³-hybridized carbons (Fsp3) is 0.300. The molecule has 1 aliphatic heterocycles. The predicted molar refractivity (Wildman–Crippen MR) is 101 cm³/mol. The van der Waals surface area contributed by atoms with Crippen molar-refractivity contribution in [3.63, 3.8) is 0 Å². The van der Waals surface area contributed by atoms with Gasteiger partial charge in [0, 0.05) is 45.1 Å². The molecule has 7 nitrogen and oxygen atoms in total. The van der Waals surface area contributed by atoms with Crippen molar-refractivity contribution in [1.82, 2.24) is 29.8 Å². The van der Waals surface area contributed by atoms with Gasteiger partial charge in [-0.1, -0.05) is 11.3 Å². The van der Waals surface area contributed by atoms with Crippen LogP contribution in [0.3, 0.4) is 0 Å². The second kappa shape index (κ2) is 7.85. The van der Waals surface area contributed by atoms with Gasteiger partial charge in [-0.25, -0.2) is 9.07 Å². The van der Waals surface area contributed by atoms with Gasteiger partial charge in [0.15, 0.2) is 5.69 Å². The molecule has 3 aromatic rings. The fourth-order valence-corrected chi connectivity index (χ4v) is 3.38. The van der Waals surface area contributed by atoms with Gasteiger partial charge in [-0.3, -0.25) is 14.7 Å². The first-order valence-electron chi connectivity index (χ1n) is 9.19. The lowest BCUT2D eigenvalue weighted by Crippen LogP contribution is -2.48. The second-order valence-electron chi connectivity index (χ2n) is 6.91. The number of piperazine rings is 1. The topological polar surface area (TPSA) is 67.2 Å². The zero-order valence-corrected chi connectivity index (χ0v) is 15.6. The van der Waals surface area contributed by atoms with E-state index in [0.717, 1.165) is 25.2 Å². The Labute approximate surface area is 162 Å². The van der Waals surface area contributed by atoms with Gasteiger partial charge in [-0.15, -0.1) is 5.10 Å². The van der Waals surface area contributed by atoms with E-state index in [2.05, 4.69) is 26.3 Å². The lowest BCUT2D eigenvalue weighted by Gasteiger charge is -2.34.